The van der Waals surface area contributed by atoms with Crippen molar-refractivity contribution in [3.63, 3.8) is 0 Å². The van der Waals surface area contributed by atoms with Gasteiger partial charge < -0.3 is 10.4 Å². The van der Waals surface area contributed by atoms with E-state index in [-0.39, 0.29) is 23.8 Å². The molecule has 2 saturated carbocycles. The van der Waals surface area contributed by atoms with Crippen molar-refractivity contribution < 1.29 is 14.7 Å². The van der Waals surface area contributed by atoms with E-state index in [2.05, 4.69) is 5.32 Å². The van der Waals surface area contributed by atoms with E-state index in [1.54, 1.807) is 0 Å². The minimum atomic E-state index is -0.784. The molecule has 1 heterocycles. The molecule has 0 unspecified atom stereocenters. The molecule has 2 N–H and O–H groups in total. The van der Waals surface area contributed by atoms with Gasteiger partial charge in [0.2, 0.25) is 5.91 Å². The molecule has 1 amide bonds. The van der Waals surface area contributed by atoms with E-state index in [0.717, 1.165) is 12.8 Å². The highest BCUT2D eigenvalue weighted by molar-refractivity contribution is 5.89. The average molecular weight is 181 g/mol. The van der Waals surface area contributed by atoms with Gasteiger partial charge >= 0.3 is 5.97 Å². The van der Waals surface area contributed by atoms with Crippen LogP contribution in [-0.2, 0) is 9.59 Å². The van der Waals surface area contributed by atoms with Crippen molar-refractivity contribution in [1.82, 2.24) is 5.32 Å². The maximum Gasteiger partial charge on any atom is 0.307 e. The number of carbonyl (C=O) groups excluding carboxylic acids is 1. The normalized spacial score (nSPS) is 51.1. The van der Waals surface area contributed by atoms with Gasteiger partial charge in [-0.3, -0.25) is 9.59 Å². The van der Waals surface area contributed by atoms with Gasteiger partial charge in [-0.2, -0.15) is 0 Å². The molecule has 5 atom stereocenters. The van der Waals surface area contributed by atoms with Gasteiger partial charge in [-0.15, -0.1) is 0 Å². The molecule has 2 aliphatic carbocycles. The summed E-state index contributed by atoms with van der Waals surface area (Å²) in [5, 5.41) is 11.9. The fourth-order valence-corrected chi connectivity index (χ4v) is 3.52. The van der Waals surface area contributed by atoms with E-state index >= 15 is 0 Å². The Balaban J connectivity index is 2.01. The van der Waals surface area contributed by atoms with Crippen LogP contribution in [0.25, 0.3) is 0 Å². The molecule has 1 aliphatic heterocycles. The third-order valence-electron chi connectivity index (χ3n) is 3.92. The second-order valence-electron chi connectivity index (χ2n) is 4.40. The quantitative estimate of drug-likeness (QED) is 0.590. The molecule has 13 heavy (non-hydrogen) atoms. The molecule has 2 bridgehead atoms. The van der Waals surface area contributed by atoms with Crippen molar-refractivity contribution in [1.29, 1.82) is 0 Å². The van der Waals surface area contributed by atoms with Crippen LogP contribution in [0.15, 0.2) is 0 Å². The number of fused-ring (bicyclic) bond motifs is 1. The van der Waals surface area contributed by atoms with Gasteiger partial charge in [0.25, 0.3) is 0 Å². The number of amides is 1. The number of carboxylic acids is 1. The molecule has 0 aromatic carbocycles. The van der Waals surface area contributed by atoms with Crippen LogP contribution in [0.1, 0.15) is 12.8 Å². The second-order valence-corrected chi connectivity index (χ2v) is 4.40. The van der Waals surface area contributed by atoms with Crippen LogP contribution in [0.5, 0.6) is 0 Å². The Morgan fingerprint density at radius 1 is 1.46 bits per heavy atom. The number of rotatable bonds is 1. The molecular weight excluding hydrogens is 170 g/mol. The van der Waals surface area contributed by atoms with Gasteiger partial charge in [0.15, 0.2) is 0 Å². The number of hydrogen-bond donors (Lipinski definition) is 2. The van der Waals surface area contributed by atoms with E-state index < -0.39 is 11.9 Å². The standard InChI is InChI=1S/C9H11NO3/c11-8-7-4-1-3(2-5(4)10-8)6(7)9(12)13/h3-7H,1-2H2,(H,10,11)(H,12,13)/t3-,4-,5-,6-,7-/m1/s1. The average Bonchev–Trinajstić information content (AvgIpc) is 2.60. The van der Waals surface area contributed by atoms with Crippen molar-refractivity contribution in [3.8, 4) is 0 Å². The van der Waals surface area contributed by atoms with Crippen LogP contribution < -0.4 is 5.32 Å². The Bertz CT molecular complexity index is 299. The van der Waals surface area contributed by atoms with Crippen molar-refractivity contribution in [2.75, 3.05) is 0 Å². The third kappa shape index (κ3) is 0.716. The molecule has 3 rings (SSSR count). The Labute approximate surface area is 75.3 Å². The highest BCUT2D eigenvalue weighted by atomic mass is 16.4. The molecule has 0 aromatic rings. The molecule has 3 aliphatic rings. The smallest absolute Gasteiger partial charge is 0.307 e. The Kier molecular flexibility index (Phi) is 1.16. The number of aliphatic carboxylic acids is 1. The summed E-state index contributed by atoms with van der Waals surface area (Å²) in [5.41, 5.74) is 0. The van der Waals surface area contributed by atoms with Crippen molar-refractivity contribution in [3.05, 3.63) is 0 Å². The van der Waals surface area contributed by atoms with Gasteiger partial charge in [-0.1, -0.05) is 0 Å². The zero-order valence-electron chi connectivity index (χ0n) is 7.06. The van der Waals surface area contributed by atoms with Crippen molar-refractivity contribution in [2.24, 2.45) is 23.7 Å². The molecule has 4 nitrogen and oxygen atoms in total. The second kappa shape index (κ2) is 2.05. The van der Waals surface area contributed by atoms with Crippen LogP contribution in [0, 0.1) is 23.7 Å². The van der Waals surface area contributed by atoms with E-state index in [9.17, 15) is 9.59 Å². The predicted octanol–water partition coefficient (Wildman–Crippen LogP) is -0.158. The van der Waals surface area contributed by atoms with E-state index in [4.69, 9.17) is 5.11 Å². The summed E-state index contributed by atoms with van der Waals surface area (Å²) < 4.78 is 0. The van der Waals surface area contributed by atoms with Gasteiger partial charge in [0, 0.05) is 6.04 Å². The van der Waals surface area contributed by atoms with E-state index in [1.165, 1.54) is 0 Å². The number of carboxylic acid groups (broad SMARTS) is 1. The Morgan fingerprint density at radius 2 is 2.23 bits per heavy atom. The van der Waals surface area contributed by atoms with Gasteiger partial charge in [0.1, 0.15) is 0 Å². The molecule has 4 heteroatoms. The van der Waals surface area contributed by atoms with Gasteiger partial charge in [0.05, 0.1) is 11.8 Å². The lowest BCUT2D eigenvalue weighted by atomic mass is 9.80. The first-order valence-corrected chi connectivity index (χ1v) is 4.71. The Morgan fingerprint density at radius 3 is 2.92 bits per heavy atom. The molecule has 0 spiro atoms. The molecule has 0 aromatic heterocycles. The molecule has 3 fully saturated rings. The van der Waals surface area contributed by atoms with Gasteiger partial charge in [-0.25, -0.2) is 0 Å². The third-order valence-corrected chi connectivity index (χ3v) is 3.92. The summed E-state index contributed by atoms with van der Waals surface area (Å²) in [6.45, 7) is 0. The highest BCUT2D eigenvalue weighted by Gasteiger charge is 2.62. The SMILES string of the molecule is O=C(O)[C@@H]1[C@@H]2C[C@H]3[C@H]1C(=O)N[C@@H]3C2. The maximum absolute atomic E-state index is 11.4. The first kappa shape index (κ1) is 7.35. The van der Waals surface area contributed by atoms with Crippen LogP contribution in [0.2, 0.25) is 0 Å². The zero-order chi connectivity index (χ0) is 9.16. The summed E-state index contributed by atoms with van der Waals surface area (Å²) in [6.07, 6.45) is 1.81. The van der Waals surface area contributed by atoms with Crippen molar-refractivity contribution in [2.45, 2.75) is 18.9 Å². The van der Waals surface area contributed by atoms with E-state index in [1.807, 2.05) is 0 Å². The van der Waals surface area contributed by atoms with Crippen LogP contribution >= 0.6 is 0 Å². The topological polar surface area (TPSA) is 66.4 Å². The number of hydrogen-bond acceptors (Lipinski definition) is 2. The first-order valence-electron chi connectivity index (χ1n) is 4.71. The summed E-state index contributed by atoms with van der Waals surface area (Å²) in [4.78, 5) is 22.4. The largest absolute Gasteiger partial charge is 0.481 e. The summed E-state index contributed by atoms with van der Waals surface area (Å²) in [6, 6.07) is 0.290. The first-order chi connectivity index (χ1) is 6.18. The summed E-state index contributed by atoms with van der Waals surface area (Å²) >= 11 is 0. The minimum Gasteiger partial charge on any atom is -0.481 e. The minimum absolute atomic E-state index is 0.0256. The van der Waals surface area contributed by atoms with Crippen LogP contribution in [0.3, 0.4) is 0 Å². The number of nitrogens with one attached hydrogen (secondary N) is 1. The summed E-state index contributed by atoms with van der Waals surface area (Å²) in [7, 11) is 0. The molecule has 1 saturated heterocycles. The summed E-state index contributed by atoms with van der Waals surface area (Å²) in [5.74, 6) is -0.865. The predicted molar refractivity (Wildman–Crippen MR) is 42.8 cm³/mol. The maximum atomic E-state index is 11.4. The molecule has 0 radical (unpaired) electrons. The van der Waals surface area contributed by atoms with E-state index in [0.29, 0.717) is 5.92 Å². The van der Waals surface area contributed by atoms with Gasteiger partial charge in [-0.05, 0) is 24.7 Å². The fourth-order valence-electron chi connectivity index (χ4n) is 3.52. The number of carbonyl (C=O) groups is 2. The van der Waals surface area contributed by atoms with Crippen LogP contribution in [-0.4, -0.2) is 23.0 Å². The molecule has 70 valence electrons. The fraction of sp³-hybridized carbons (Fsp3) is 0.778. The highest BCUT2D eigenvalue weighted by Crippen LogP contribution is 2.55. The van der Waals surface area contributed by atoms with Crippen LogP contribution in [0.4, 0.5) is 0 Å². The lowest BCUT2D eigenvalue weighted by Crippen LogP contribution is -2.31. The zero-order valence-corrected chi connectivity index (χ0v) is 7.06. The molecular formula is C9H11NO3. The lowest BCUT2D eigenvalue weighted by molar-refractivity contribution is -0.147. The lowest BCUT2D eigenvalue weighted by Gasteiger charge is -2.21. The monoisotopic (exact) mass is 181 g/mol. The van der Waals surface area contributed by atoms with Crippen molar-refractivity contribution >= 4 is 11.9 Å². The Hall–Kier alpha value is -1.06.